The van der Waals surface area contributed by atoms with E-state index >= 15 is 0 Å². The Morgan fingerprint density at radius 2 is 2.12 bits per heavy atom. The summed E-state index contributed by atoms with van der Waals surface area (Å²) in [4.78, 5) is 11.4. The molecule has 1 atom stereocenters. The number of carbonyl (C=O) groups is 1. The Balaban J connectivity index is 0.00000256. The number of nitrogens with zero attached hydrogens (tertiary/aromatic N) is 1. The lowest BCUT2D eigenvalue weighted by atomic mass is 10.1. The first-order valence-corrected chi connectivity index (χ1v) is 4.81. The lowest BCUT2D eigenvalue weighted by Gasteiger charge is -2.13. The number of benzene rings is 1. The van der Waals surface area contributed by atoms with Crippen LogP contribution >= 0.6 is 12.4 Å². The molecular weight excluding hydrogens is 242 g/mol. The first-order valence-electron chi connectivity index (χ1n) is 4.81. The zero-order chi connectivity index (χ0) is 11.8. The predicted octanol–water partition coefficient (Wildman–Crippen LogP) is 0.550. The molecule has 1 rings (SSSR count). The second-order valence-corrected chi connectivity index (χ2v) is 3.17. The summed E-state index contributed by atoms with van der Waals surface area (Å²) in [5.74, 6) is 4.74. The quantitative estimate of drug-likeness (QED) is 0.456. The molecule has 0 unspecified atom stereocenters. The monoisotopic (exact) mass is 255 g/mol. The molecule has 0 heterocycles. The molecule has 0 bridgehead atoms. The fraction of sp³-hybridized carbons (Fsp3) is 0.273. The molecule has 17 heavy (non-hydrogen) atoms. The number of nitriles is 1. The van der Waals surface area contributed by atoms with E-state index in [1.54, 1.807) is 6.07 Å². The van der Waals surface area contributed by atoms with Crippen molar-refractivity contribution in [2.75, 3.05) is 6.61 Å². The van der Waals surface area contributed by atoms with Crippen molar-refractivity contribution in [2.45, 2.75) is 12.5 Å². The van der Waals surface area contributed by atoms with Gasteiger partial charge in [-0.25, -0.2) is 5.43 Å². The van der Waals surface area contributed by atoms with Crippen LogP contribution in [0, 0.1) is 11.3 Å². The van der Waals surface area contributed by atoms with E-state index in [0.29, 0.717) is 6.42 Å². The first-order chi connectivity index (χ1) is 7.77. The molecular formula is C11H14ClN3O2. The van der Waals surface area contributed by atoms with Gasteiger partial charge in [-0.3, -0.25) is 10.6 Å². The van der Waals surface area contributed by atoms with Crippen LogP contribution in [0.5, 0.6) is 0 Å². The highest BCUT2D eigenvalue weighted by atomic mass is 35.5. The van der Waals surface area contributed by atoms with Crippen LogP contribution in [0.15, 0.2) is 30.3 Å². The Kier molecular flexibility index (Phi) is 7.72. The highest BCUT2D eigenvalue weighted by molar-refractivity contribution is 5.85. The summed E-state index contributed by atoms with van der Waals surface area (Å²) in [6.07, 6.45) is 0.432. The molecule has 0 aliphatic carbocycles. The molecule has 0 radical (unpaired) electrons. The Labute approximate surface area is 106 Å². The second-order valence-electron chi connectivity index (χ2n) is 3.17. The van der Waals surface area contributed by atoms with Crippen molar-refractivity contribution >= 4 is 18.4 Å². The molecule has 6 heteroatoms. The Morgan fingerprint density at radius 1 is 1.47 bits per heavy atom. The first kappa shape index (κ1) is 15.4. The molecule has 0 spiro atoms. The highest BCUT2D eigenvalue weighted by Gasteiger charge is 2.18. The van der Waals surface area contributed by atoms with Crippen LogP contribution in [0.1, 0.15) is 5.56 Å². The van der Waals surface area contributed by atoms with Gasteiger partial charge in [0.1, 0.15) is 12.1 Å². The van der Waals surface area contributed by atoms with Crippen molar-refractivity contribution in [1.82, 2.24) is 5.43 Å². The van der Waals surface area contributed by atoms with Crippen molar-refractivity contribution in [3.05, 3.63) is 35.9 Å². The van der Waals surface area contributed by atoms with E-state index < -0.39 is 12.0 Å². The number of halogens is 1. The summed E-state index contributed by atoms with van der Waals surface area (Å²) in [7, 11) is 0. The van der Waals surface area contributed by atoms with Crippen LogP contribution in [0.4, 0.5) is 0 Å². The number of hydrogen-bond acceptors (Lipinski definition) is 5. The summed E-state index contributed by atoms with van der Waals surface area (Å²) in [6.45, 7) is -0.258. The van der Waals surface area contributed by atoms with Gasteiger partial charge in [0, 0.05) is 0 Å². The van der Waals surface area contributed by atoms with Crippen LogP contribution < -0.4 is 11.3 Å². The summed E-state index contributed by atoms with van der Waals surface area (Å²) in [6, 6.07) is 10.5. The molecule has 0 aliphatic heterocycles. The average molecular weight is 256 g/mol. The molecule has 92 valence electrons. The van der Waals surface area contributed by atoms with Crippen molar-refractivity contribution in [2.24, 2.45) is 5.84 Å². The van der Waals surface area contributed by atoms with Gasteiger partial charge < -0.3 is 4.74 Å². The van der Waals surface area contributed by atoms with E-state index in [1.165, 1.54) is 0 Å². The molecule has 1 aromatic rings. The smallest absolute Gasteiger partial charge is 0.325 e. The van der Waals surface area contributed by atoms with Gasteiger partial charge in [0.25, 0.3) is 0 Å². The fourth-order valence-corrected chi connectivity index (χ4v) is 1.26. The standard InChI is InChI=1S/C11H13N3O2.ClH/c12-6-7-16-11(15)10(14-13)8-9-4-2-1-3-5-9;/h1-5,10,14H,7-8,13H2;1H/t10-;/m0./s1. The summed E-state index contributed by atoms with van der Waals surface area (Å²) in [5, 5.41) is 8.28. The number of hydrogen-bond donors (Lipinski definition) is 2. The number of rotatable bonds is 5. The third-order valence-corrected chi connectivity index (χ3v) is 2.05. The minimum absolute atomic E-state index is 0. The second kappa shape index (κ2) is 8.53. The van der Waals surface area contributed by atoms with E-state index in [0.717, 1.165) is 5.56 Å². The summed E-state index contributed by atoms with van der Waals surface area (Å²) in [5.41, 5.74) is 3.35. The maximum atomic E-state index is 11.4. The maximum Gasteiger partial charge on any atom is 0.325 e. The largest absolute Gasteiger partial charge is 0.449 e. The third-order valence-electron chi connectivity index (χ3n) is 2.05. The van der Waals surface area contributed by atoms with Crippen molar-refractivity contribution in [3.63, 3.8) is 0 Å². The Hall–Kier alpha value is -1.61. The number of esters is 1. The lowest BCUT2D eigenvalue weighted by Crippen LogP contribution is -2.44. The fourth-order valence-electron chi connectivity index (χ4n) is 1.26. The van der Waals surface area contributed by atoms with Gasteiger partial charge in [0.15, 0.2) is 6.61 Å². The summed E-state index contributed by atoms with van der Waals surface area (Å²) < 4.78 is 4.67. The van der Waals surface area contributed by atoms with E-state index in [-0.39, 0.29) is 19.0 Å². The van der Waals surface area contributed by atoms with Gasteiger partial charge in [-0.15, -0.1) is 12.4 Å². The number of carbonyl (C=O) groups excluding carboxylic acids is 1. The van der Waals surface area contributed by atoms with E-state index in [2.05, 4.69) is 10.2 Å². The normalized spacial score (nSPS) is 10.8. The predicted molar refractivity (Wildman–Crippen MR) is 65.1 cm³/mol. The van der Waals surface area contributed by atoms with Gasteiger partial charge in [0.2, 0.25) is 0 Å². The number of nitrogens with two attached hydrogens (primary N) is 1. The van der Waals surface area contributed by atoms with Gasteiger partial charge >= 0.3 is 5.97 Å². The molecule has 0 aliphatic rings. The summed E-state index contributed by atoms with van der Waals surface area (Å²) >= 11 is 0. The van der Waals surface area contributed by atoms with E-state index in [4.69, 9.17) is 11.1 Å². The van der Waals surface area contributed by atoms with Crippen LogP contribution in [-0.4, -0.2) is 18.6 Å². The zero-order valence-corrected chi connectivity index (χ0v) is 9.94. The van der Waals surface area contributed by atoms with Gasteiger partial charge in [-0.2, -0.15) is 5.26 Å². The maximum absolute atomic E-state index is 11.4. The number of ether oxygens (including phenoxy) is 1. The van der Waals surface area contributed by atoms with Gasteiger partial charge in [-0.1, -0.05) is 30.3 Å². The average Bonchev–Trinajstić information content (AvgIpc) is 2.34. The molecule has 0 saturated heterocycles. The minimum atomic E-state index is -0.629. The number of hydrazine groups is 1. The lowest BCUT2D eigenvalue weighted by molar-refractivity contribution is -0.144. The van der Waals surface area contributed by atoms with Crippen LogP contribution in [0.2, 0.25) is 0 Å². The SMILES string of the molecule is Cl.N#CCOC(=O)[C@H](Cc1ccccc1)NN. The topological polar surface area (TPSA) is 88.1 Å². The van der Waals surface area contributed by atoms with E-state index in [1.807, 2.05) is 30.3 Å². The van der Waals surface area contributed by atoms with Crippen LogP contribution in [-0.2, 0) is 16.0 Å². The minimum Gasteiger partial charge on any atom is -0.449 e. The van der Waals surface area contributed by atoms with Gasteiger partial charge in [-0.05, 0) is 12.0 Å². The Bertz CT molecular complexity index is 378. The molecule has 5 nitrogen and oxygen atoms in total. The Morgan fingerprint density at radius 3 is 2.65 bits per heavy atom. The molecule has 1 aromatic carbocycles. The van der Waals surface area contributed by atoms with Crippen molar-refractivity contribution in [3.8, 4) is 6.07 Å². The molecule has 0 amide bonds. The van der Waals surface area contributed by atoms with Crippen molar-refractivity contribution in [1.29, 1.82) is 5.26 Å². The molecule has 0 aromatic heterocycles. The highest BCUT2D eigenvalue weighted by Crippen LogP contribution is 2.03. The molecule has 3 N–H and O–H groups in total. The van der Waals surface area contributed by atoms with E-state index in [9.17, 15) is 4.79 Å². The van der Waals surface area contributed by atoms with Crippen LogP contribution in [0.3, 0.4) is 0 Å². The molecule has 0 fully saturated rings. The van der Waals surface area contributed by atoms with Crippen molar-refractivity contribution < 1.29 is 9.53 Å². The number of nitrogens with one attached hydrogen (secondary N) is 1. The third kappa shape index (κ3) is 5.31. The zero-order valence-electron chi connectivity index (χ0n) is 9.13. The molecule has 0 saturated carbocycles. The van der Waals surface area contributed by atoms with Crippen LogP contribution in [0.25, 0.3) is 0 Å². The van der Waals surface area contributed by atoms with Gasteiger partial charge in [0.05, 0.1) is 0 Å².